The van der Waals surface area contributed by atoms with Gasteiger partial charge in [-0.3, -0.25) is 4.79 Å². The summed E-state index contributed by atoms with van der Waals surface area (Å²) in [5.41, 5.74) is 1.34. The van der Waals surface area contributed by atoms with Crippen molar-refractivity contribution in [3.63, 3.8) is 0 Å². The number of carboxylic acid groups (broad SMARTS) is 1. The molecule has 7 nitrogen and oxygen atoms in total. The lowest BCUT2D eigenvalue weighted by Gasteiger charge is -2.28. The van der Waals surface area contributed by atoms with Crippen molar-refractivity contribution >= 4 is 63.3 Å². The summed E-state index contributed by atoms with van der Waals surface area (Å²) in [6.07, 6.45) is 0. The topological polar surface area (TPSA) is 98.7 Å². The van der Waals surface area contributed by atoms with E-state index in [1.165, 1.54) is 11.8 Å². The number of halogens is 2. The van der Waals surface area contributed by atoms with E-state index in [1.54, 1.807) is 30.3 Å². The molecule has 9 heteroatoms. The number of fused-ring (bicyclic) bond motifs is 1. The molecule has 0 saturated heterocycles. The number of carbonyl (C=O) groups excluding carboxylic acids is 2. The SMILES string of the molecule is C[C@@H](C(=O)O)N(Cc1ccccc1)C(=O)c1cc2ccccc2cc1NC(=O)Nc1c(Cl)cccc1Cl. The summed E-state index contributed by atoms with van der Waals surface area (Å²) in [4.78, 5) is 40.0. The lowest BCUT2D eigenvalue weighted by Crippen LogP contribution is -2.43. The van der Waals surface area contributed by atoms with E-state index in [2.05, 4.69) is 10.6 Å². The normalized spacial score (nSPS) is 11.5. The number of amides is 3. The predicted molar refractivity (Wildman–Crippen MR) is 146 cm³/mol. The van der Waals surface area contributed by atoms with Crippen molar-refractivity contribution in [2.45, 2.75) is 19.5 Å². The number of hydrogen-bond donors (Lipinski definition) is 3. The molecule has 1 atom stereocenters. The van der Waals surface area contributed by atoms with Crippen LogP contribution in [0.2, 0.25) is 10.0 Å². The highest BCUT2D eigenvalue weighted by molar-refractivity contribution is 6.39. The third-order valence-electron chi connectivity index (χ3n) is 5.85. The molecule has 0 saturated carbocycles. The van der Waals surface area contributed by atoms with E-state index in [0.717, 1.165) is 16.3 Å². The molecule has 0 aromatic heterocycles. The molecule has 188 valence electrons. The Labute approximate surface area is 223 Å². The van der Waals surface area contributed by atoms with Crippen molar-refractivity contribution in [3.05, 3.63) is 106 Å². The van der Waals surface area contributed by atoms with Gasteiger partial charge in [0.15, 0.2) is 0 Å². The Bertz CT molecular complexity index is 1460. The molecule has 4 aromatic carbocycles. The number of aliphatic carboxylic acids is 1. The number of anilines is 2. The van der Waals surface area contributed by atoms with E-state index in [-0.39, 0.29) is 33.5 Å². The zero-order valence-electron chi connectivity index (χ0n) is 19.7. The minimum atomic E-state index is -1.15. The monoisotopic (exact) mass is 535 g/mol. The van der Waals surface area contributed by atoms with Crippen molar-refractivity contribution in [1.82, 2.24) is 4.90 Å². The smallest absolute Gasteiger partial charge is 0.326 e. The second kappa shape index (κ2) is 11.3. The van der Waals surface area contributed by atoms with Crippen LogP contribution in [0.25, 0.3) is 10.8 Å². The average molecular weight is 536 g/mol. The fraction of sp³-hybridized carbons (Fsp3) is 0.107. The number of carboxylic acids is 1. The molecule has 0 spiro atoms. The fourth-order valence-electron chi connectivity index (χ4n) is 3.86. The zero-order chi connectivity index (χ0) is 26.5. The fourth-order valence-corrected chi connectivity index (χ4v) is 4.35. The Hall–Kier alpha value is -4.07. The Morgan fingerprint density at radius 3 is 2.05 bits per heavy atom. The molecular weight excluding hydrogens is 513 g/mol. The number of carbonyl (C=O) groups is 3. The van der Waals surface area contributed by atoms with E-state index in [4.69, 9.17) is 23.2 Å². The second-order valence-electron chi connectivity index (χ2n) is 8.35. The molecule has 0 aliphatic rings. The lowest BCUT2D eigenvalue weighted by molar-refractivity contribution is -0.141. The maximum Gasteiger partial charge on any atom is 0.326 e. The number of rotatable bonds is 7. The zero-order valence-corrected chi connectivity index (χ0v) is 21.3. The quantitative estimate of drug-likeness (QED) is 0.239. The second-order valence-corrected chi connectivity index (χ2v) is 9.17. The predicted octanol–water partition coefficient (Wildman–Crippen LogP) is 6.91. The number of hydrogen-bond acceptors (Lipinski definition) is 3. The van der Waals surface area contributed by atoms with Crippen LogP contribution in [-0.2, 0) is 11.3 Å². The van der Waals surface area contributed by atoms with Crippen LogP contribution in [0.3, 0.4) is 0 Å². The molecular formula is C28H23Cl2N3O4. The summed E-state index contributed by atoms with van der Waals surface area (Å²) < 4.78 is 0. The molecule has 0 fully saturated rings. The van der Waals surface area contributed by atoms with Gasteiger partial charge in [0.25, 0.3) is 5.91 Å². The average Bonchev–Trinajstić information content (AvgIpc) is 2.89. The molecule has 0 unspecified atom stereocenters. The van der Waals surface area contributed by atoms with Crippen molar-refractivity contribution in [3.8, 4) is 0 Å². The van der Waals surface area contributed by atoms with Crippen LogP contribution in [0.1, 0.15) is 22.8 Å². The Morgan fingerprint density at radius 2 is 1.43 bits per heavy atom. The molecule has 37 heavy (non-hydrogen) atoms. The molecule has 4 rings (SSSR count). The van der Waals surface area contributed by atoms with E-state index in [9.17, 15) is 19.5 Å². The summed E-state index contributed by atoms with van der Waals surface area (Å²) in [5.74, 6) is -1.69. The summed E-state index contributed by atoms with van der Waals surface area (Å²) in [7, 11) is 0. The molecule has 4 aromatic rings. The van der Waals surface area contributed by atoms with Crippen LogP contribution >= 0.6 is 23.2 Å². The van der Waals surface area contributed by atoms with Crippen LogP contribution in [-0.4, -0.2) is 34.0 Å². The van der Waals surface area contributed by atoms with Crippen LogP contribution in [0.5, 0.6) is 0 Å². The maximum absolute atomic E-state index is 13.9. The first-order chi connectivity index (χ1) is 17.7. The Balaban J connectivity index is 1.73. The van der Waals surface area contributed by atoms with Gasteiger partial charge < -0.3 is 20.6 Å². The van der Waals surface area contributed by atoms with E-state index >= 15 is 0 Å². The Morgan fingerprint density at radius 1 is 0.838 bits per heavy atom. The number of para-hydroxylation sites is 1. The first kappa shape index (κ1) is 26.0. The van der Waals surface area contributed by atoms with Gasteiger partial charge in [-0.05, 0) is 47.5 Å². The van der Waals surface area contributed by atoms with Gasteiger partial charge in [-0.25, -0.2) is 9.59 Å². The first-order valence-corrected chi connectivity index (χ1v) is 12.1. The highest BCUT2D eigenvalue weighted by Gasteiger charge is 2.29. The minimum Gasteiger partial charge on any atom is -0.480 e. The minimum absolute atomic E-state index is 0.0703. The number of benzene rings is 4. The van der Waals surface area contributed by atoms with Crippen LogP contribution in [0.15, 0.2) is 84.9 Å². The third-order valence-corrected chi connectivity index (χ3v) is 6.48. The van der Waals surface area contributed by atoms with Crippen molar-refractivity contribution in [2.24, 2.45) is 0 Å². The van der Waals surface area contributed by atoms with Crippen LogP contribution in [0, 0.1) is 0 Å². The van der Waals surface area contributed by atoms with Gasteiger partial charge in [-0.15, -0.1) is 0 Å². The van der Waals surface area contributed by atoms with Gasteiger partial charge in [-0.1, -0.05) is 83.9 Å². The first-order valence-electron chi connectivity index (χ1n) is 11.4. The molecule has 0 bridgehead atoms. The molecule has 0 aliphatic heterocycles. The molecule has 3 N–H and O–H groups in total. The van der Waals surface area contributed by atoms with Crippen molar-refractivity contribution < 1.29 is 19.5 Å². The summed E-state index contributed by atoms with van der Waals surface area (Å²) in [5, 5.41) is 17.1. The van der Waals surface area contributed by atoms with Gasteiger partial charge in [0.2, 0.25) is 0 Å². The molecule has 0 aliphatic carbocycles. The summed E-state index contributed by atoms with van der Waals surface area (Å²) in [6.45, 7) is 1.52. The van der Waals surface area contributed by atoms with Gasteiger partial charge >= 0.3 is 12.0 Å². The number of nitrogens with zero attached hydrogens (tertiary/aromatic N) is 1. The molecule has 3 amide bonds. The maximum atomic E-state index is 13.9. The standard InChI is InChI=1S/C28H23Cl2N3O4/c1-17(27(35)36)33(16-18-8-3-2-4-9-18)26(34)21-14-19-10-5-6-11-20(19)15-24(21)31-28(37)32-25-22(29)12-7-13-23(25)30/h2-15,17H,16H2,1H3,(H,35,36)(H2,31,32,37)/t17-/m0/s1. The highest BCUT2D eigenvalue weighted by Crippen LogP contribution is 2.31. The molecule has 0 radical (unpaired) electrons. The van der Waals surface area contributed by atoms with E-state index in [0.29, 0.717) is 0 Å². The largest absolute Gasteiger partial charge is 0.480 e. The number of nitrogens with one attached hydrogen (secondary N) is 2. The van der Waals surface area contributed by atoms with E-state index < -0.39 is 23.9 Å². The van der Waals surface area contributed by atoms with Crippen LogP contribution < -0.4 is 10.6 Å². The lowest BCUT2D eigenvalue weighted by atomic mass is 10.0. The number of urea groups is 1. The van der Waals surface area contributed by atoms with Crippen LogP contribution in [0.4, 0.5) is 16.2 Å². The van der Waals surface area contributed by atoms with Crippen molar-refractivity contribution in [1.29, 1.82) is 0 Å². The van der Waals surface area contributed by atoms with Gasteiger partial charge in [0.05, 0.1) is 27.0 Å². The third kappa shape index (κ3) is 6.02. The van der Waals surface area contributed by atoms with Gasteiger partial charge in [0, 0.05) is 6.54 Å². The summed E-state index contributed by atoms with van der Waals surface area (Å²) >= 11 is 12.4. The van der Waals surface area contributed by atoms with Crippen molar-refractivity contribution in [2.75, 3.05) is 10.6 Å². The molecule has 0 heterocycles. The summed E-state index contributed by atoms with van der Waals surface area (Å²) in [6, 6.07) is 22.8. The van der Waals surface area contributed by atoms with Gasteiger partial charge in [0.1, 0.15) is 6.04 Å². The van der Waals surface area contributed by atoms with E-state index in [1.807, 2.05) is 54.6 Å². The van der Waals surface area contributed by atoms with Gasteiger partial charge in [-0.2, -0.15) is 0 Å². The Kier molecular flexibility index (Phi) is 7.96. The highest BCUT2D eigenvalue weighted by atomic mass is 35.5.